The molecule has 0 atom stereocenters. The number of amides is 1. The molecule has 0 radical (unpaired) electrons. The monoisotopic (exact) mass is 357 g/mol. The zero-order valence-corrected chi connectivity index (χ0v) is 14.1. The van der Waals surface area contributed by atoms with Crippen LogP contribution in [-0.4, -0.2) is 25.6 Å². The van der Waals surface area contributed by atoms with Crippen molar-refractivity contribution in [3.05, 3.63) is 53.6 Å². The SMILES string of the molecule is CS(=O)(=O)c1ccc2nc(NC(=O)c3cccc(C#N)c3)sc2c1. The van der Waals surface area contributed by atoms with Gasteiger partial charge in [0.2, 0.25) is 0 Å². The van der Waals surface area contributed by atoms with Gasteiger partial charge in [-0.25, -0.2) is 13.4 Å². The lowest BCUT2D eigenvalue weighted by atomic mass is 10.1. The molecule has 1 amide bonds. The highest BCUT2D eigenvalue weighted by molar-refractivity contribution is 7.90. The van der Waals surface area contributed by atoms with Crippen LogP contribution in [0.2, 0.25) is 0 Å². The molecule has 1 N–H and O–H groups in total. The smallest absolute Gasteiger partial charge is 0.257 e. The van der Waals surface area contributed by atoms with Gasteiger partial charge in [0.25, 0.3) is 5.91 Å². The van der Waals surface area contributed by atoms with Gasteiger partial charge in [-0.1, -0.05) is 17.4 Å². The topological polar surface area (TPSA) is 99.9 Å². The molecular formula is C16H11N3O3S2. The molecule has 0 bridgehead atoms. The van der Waals surface area contributed by atoms with Crippen molar-refractivity contribution in [2.45, 2.75) is 4.90 Å². The van der Waals surface area contributed by atoms with Crippen molar-refractivity contribution in [2.75, 3.05) is 11.6 Å². The molecule has 0 saturated carbocycles. The third kappa shape index (κ3) is 3.27. The Bertz CT molecular complexity index is 1100. The zero-order valence-electron chi connectivity index (χ0n) is 12.5. The molecule has 1 aromatic heterocycles. The van der Waals surface area contributed by atoms with Gasteiger partial charge >= 0.3 is 0 Å². The number of thiazole rings is 1. The summed E-state index contributed by atoms with van der Waals surface area (Å²) in [5.74, 6) is -0.380. The van der Waals surface area contributed by atoms with Crippen molar-refractivity contribution in [3.63, 3.8) is 0 Å². The highest BCUT2D eigenvalue weighted by atomic mass is 32.2. The van der Waals surface area contributed by atoms with Crippen LogP contribution in [-0.2, 0) is 9.84 Å². The number of aromatic nitrogens is 1. The Balaban J connectivity index is 1.90. The number of nitrogens with one attached hydrogen (secondary N) is 1. The van der Waals surface area contributed by atoms with Crippen LogP contribution in [0.15, 0.2) is 47.4 Å². The number of carbonyl (C=O) groups excluding carboxylic acids is 1. The van der Waals surface area contributed by atoms with E-state index in [4.69, 9.17) is 5.26 Å². The van der Waals surface area contributed by atoms with Crippen molar-refractivity contribution in [2.24, 2.45) is 0 Å². The number of benzene rings is 2. The molecule has 0 spiro atoms. The number of anilines is 1. The van der Waals surface area contributed by atoms with Crippen molar-refractivity contribution in [1.29, 1.82) is 5.26 Å². The van der Waals surface area contributed by atoms with Gasteiger partial charge in [0.05, 0.1) is 26.7 Å². The van der Waals surface area contributed by atoms with Gasteiger partial charge < -0.3 is 0 Å². The van der Waals surface area contributed by atoms with Crippen LogP contribution in [0, 0.1) is 11.3 Å². The molecule has 6 nitrogen and oxygen atoms in total. The molecule has 24 heavy (non-hydrogen) atoms. The van der Waals surface area contributed by atoms with E-state index in [-0.39, 0.29) is 10.8 Å². The molecule has 0 aliphatic heterocycles. The minimum atomic E-state index is -3.30. The number of carbonyl (C=O) groups is 1. The minimum absolute atomic E-state index is 0.207. The lowest BCUT2D eigenvalue weighted by molar-refractivity contribution is 0.102. The molecule has 0 saturated heterocycles. The van der Waals surface area contributed by atoms with E-state index in [1.807, 2.05) is 6.07 Å². The third-order valence-electron chi connectivity index (χ3n) is 3.26. The Kier molecular flexibility index (Phi) is 4.05. The number of sulfone groups is 1. The third-order valence-corrected chi connectivity index (χ3v) is 5.31. The molecular weight excluding hydrogens is 346 g/mol. The van der Waals surface area contributed by atoms with Crippen molar-refractivity contribution in [1.82, 2.24) is 4.98 Å². The number of hydrogen-bond donors (Lipinski definition) is 1. The maximum absolute atomic E-state index is 12.2. The van der Waals surface area contributed by atoms with E-state index in [0.29, 0.717) is 26.5 Å². The number of hydrogen-bond acceptors (Lipinski definition) is 6. The summed E-state index contributed by atoms with van der Waals surface area (Å²) in [6.45, 7) is 0. The van der Waals surface area contributed by atoms with Gasteiger partial charge in [-0.2, -0.15) is 5.26 Å². The quantitative estimate of drug-likeness (QED) is 0.777. The molecule has 0 aliphatic rings. The second-order valence-corrected chi connectivity index (χ2v) is 8.11. The highest BCUT2D eigenvalue weighted by Crippen LogP contribution is 2.28. The first kappa shape index (κ1) is 16.1. The van der Waals surface area contributed by atoms with Crippen molar-refractivity contribution >= 4 is 42.4 Å². The minimum Gasteiger partial charge on any atom is -0.298 e. The summed E-state index contributed by atoms with van der Waals surface area (Å²) < 4.78 is 23.9. The molecule has 3 aromatic rings. The molecule has 0 unspecified atom stereocenters. The molecule has 0 fully saturated rings. The summed E-state index contributed by atoms with van der Waals surface area (Å²) in [5.41, 5.74) is 1.35. The van der Waals surface area contributed by atoms with Gasteiger partial charge in [0.1, 0.15) is 0 Å². The Morgan fingerprint density at radius 1 is 1.25 bits per heavy atom. The molecule has 8 heteroatoms. The van der Waals surface area contributed by atoms with E-state index in [9.17, 15) is 13.2 Å². The summed E-state index contributed by atoms with van der Waals surface area (Å²) in [4.78, 5) is 16.7. The van der Waals surface area contributed by atoms with Gasteiger partial charge in [-0.15, -0.1) is 0 Å². The Hall–Kier alpha value is -2.76. The maximum Gasteiger partial charge on any atom is 0.257 e. The fourth-order valence-electron chi connectivity index (χ4n) is 2.09. The Morgan fingerprint density at radius 2 is 2.04 bits per heavy atom. The van der Waals surface area contributed by atoms with Gasteiger partial charge in [0, 0.05) is 11.8 Å². The van der Waals surface area contributed by atoms with Crippen LogP contribution in [0.3, 0.4) is 0 Å². The number of nitriles is 1. The Labute approximate surface area is 142 Å². The second-order valence-electron chi connectivity index (χ2n) is 5.07. The van der Waals surface area contributed by atoms with Crippen LogP contribution in [0.25, 0.3) is 10.2 Å². The molecule has 1 heterocycles. The predicted octanol–water partition coefficient (Wildman–Crippen LogP) is 2.82. The lowest BCUT2D eigenvalue weighted by Gasteiger charge is -2.01. The normalized spacial score (nSPS) is 11.2. The molecule has 3 rings (SSSR count). The molecule has 0 aliphatic carbocycles. The zero-order chi connectivity index (χ0) is 17.3. The van der Waals surface area contributed by atoms with Crippen LogP contribution in [0.5, 0.6) is 0 Å². The van der Waals surface area contributed by atoms with E-state index >= 15 is 0 Å². The van der Waals surface area contributed by atoms with Gasteiger partial charge in [0.15, 0.2) is 15.0 Å². The van der Waals surface area contributed by atoms with E-state index in [2.05, 4.69) is 10.3 Å². The van der Waals surface area contributed by atoms with E-state index in [1.54, 1.807) is 24.3 Å². The summed E-state index contributed by atoms with van der Waals surface area (Å²) in [6, 6.07) is 12.9. The first-order chi connectivity index (χ1) is 11.4. The summed E-state index contributed by atoms with van der Waals surface area (Å²) in [5, 5.41) is 11.9. The standard InChI is InChI=1S/C16H11N3O3S2/c1-24(21,22)12-5-6-13-14(8-12)23-16(18-13)19-15(20)11-4-2-3-10(7-11)9-17/h2-8H,1H3,(H,18,19,20). The van der Waals surface area contributed by atoms with Crippen LogP contribution >= 0.6 is 11.3 Å². The number of rotatable bonds is 3. The number of nitrogens with zero attached hydrogens (tertiary/aromatic N) is 2. The van der Waals surface area contributed by atoms with Gasteiger partial charge in [-0.05, 0) is 36.4 Å². The Morgan fingerprint density at radius 3 is 2.75 bits per heavy atom. The fourth-order valence-corrected chi connectivity index (χ4v) is 3.71. The number of fused-ring (bicyclic) bond motifs is 1. The van der Waals surface area contributed by atoms with E-state index in [0.717, 1.165) is 6.26 Å². The van der Waals surface area contributed by atoms with Crippen molar-refractivity contribution in [3.8, 4) is 6.07 Å². The molecule has 2 aromatic carbocycles. The van der Waals surface area contributed by atoms with Crippen LogP contribution in [0.4, 0.5) is 5.13 Å². The van der Waals surface area contributed by atoms with E-state index < -0.39 is 9.84 Å². The average Bonchev–Trinajstić information content (AvgIpc) is 2.95. The summed E-state index contributed by atoms with van der Waals surface area (Å²) in [6.07, 6.45) is 1.14. The van der Waals surface area contributed by atoms with Crippen molar-refractivity contribution < 1.29 is 13.2 Å². The summed E-state index contributed by atoms with van der Waals surface area (Å²) in [7, 11) is -3.30. The van der Waals surface area contributed by atoms with E-state index in [1.165, 1.54) is 29.5 Å². The first-order valence-corrected chi connectivity index (χ1v) is 9.50. The summed E-state index contributed by atoms with van der Waals surface area (Å²) >= 11 is 1.19. The predicted molar refractivity (Wildman–Crippen MR) is 91.8 cm³/mol. The maximum atomic E-state index is 12.2. The lowest BCUT2D eigenvalue weighted by Crippen LogP contribution is -2.11. The largest absolute Gasteiger partial charge is 0.298 e. The highest BCUT2D eigenvalue weighted by Gasteiger charge is 2.13. The average molecular weight is 357 g/mol. The fraction of sp³-hybridized carbons (Fsp3) is 0.0625. The van der Waals surface area contributed by atoms with Gasteiger partial charge in [-0.3, -0.25) is 10.1 Å². The second kappa shape index (κ2) is 6.03. The van der Waals surface area contributed by atoms with Crippen LogP contribution < -0.4 is 5.32 Å². The first-order valence-electron chi connectivity index (χ1n) is 6.79. The van der Waals surface area contributed by atoms with Crippen LogP contribution in [0.1, 0.15) is 15.9 Å². The molecule has 120 valence electrons.